The molecule has 1 aliphatic heterocycles. The first-order valence-corrected chi connectivity index (χ1v) is 7.50. The van der Waals surface area contributed by atoms with E-state index in [4.69, 9.17) is 0 Å². The maximum Gasteiger partial charge on any atom is 0.277 e. The van der Waals surface area contributed by atoms with Crippen molar-refractivity contribution in [2.24, 2.45) is 0 Å². The minimum Gasteiger partial charge on any atom is -0.310 e. The van der Waals surface area contributed by atoms with Gasteiger partial charge in [-0.25, -0.2) is 0 Å². The first-order chi connectivity index (χ1) is 7.46. The highest BCUT2D eigenvalue weighted by molar-refractivity contribution is 7.87. The lowest BCUT2D eigenvalue weighted by atomic mass is 9.96. The molecule has 6 heteroatoms. The van der Waals surface area contributed by atoms with E-state index in [9.17, 15) is 8.42 Å². The summed E-state index contributed by atoms with van der Waals surface area (Å²) in [5.41, 5.74) is 0. The summed E-state index contributed by atoms with van der Waals surface area (Å²) in [6, 6.07) is 0.849. The van der Waals surface area contributed by atoms with E-state index < -0.39 is 10.2 Å². The van der Waals surface area contributed by atoms with E-state index in [-0.39, 0.29) is 18.1 Å². The van der Waals surface area contributed by atoms with E-state index in [0.717, 1.165) is 25.7 Å². The minimum atomic E-state index is -3.31. The van der Waals surface area contributed by atoms with E-state index in [1.807, 2.05) is 6.92 Å². The molecule has 0 bridgehead atoms. The van der Waals surface area contributed by atoms with Gasteiger partial charge < -0.3 is 5.32 Å². The second-order valence-electron chi connectivity index (χ2n) is 5.05. The van der Waals surface area contributed by atoms with Gasteiger partial charge in [-0.1, -0.05) is 0 Å². The molecule has 3 unspecified atom stereocenters. The van der Waals surface area contributed by atoms with Crippen molar-refractivity contribution in [1.29, 1.82) is 0 Å². The molecule has 0 aromatic carbocycles. The molecule has 2 rings (SSSR count). The van der Waals surface area contributed by atoms with Gasteiger partial charge in [0.15, 0.2) is 0 Å². The summed E-state index contributed by atoms with van der Waals surface area (Å²) < 4.78 is 28.8. The summed E-state index contributed by atoms with van der Waals surface area (Å²) in [7, 11) is -3.31. The van der Waals surface area contributed by atoms with Gasteiger partial charge in [0.1, 0.15) is 0 Å². The molecule has 3 atom stereocenters. The fourth-order valence-electron chi connectivity index (χ4n) is 2.14. The molecule has 1 aliphatic carbocycles. The molecule has 94 valence electrons. The van der Waals surface area contributed by atoms with Crippen LogP contribution >= 0.6 is 0 Å². The van der Waals surface area contributed by atoms with Gasteiger partial charge in [-0.15, -0.1) is 0 Å². The largest absolute Gasteiger partial charge is 0.310 e. The van der Waals surface area contributed by atoms with Crippen LogP contribution in [0.25, 0.3) is 0 Å². The molecule has 1 heterocycles. The summed E-state index contributed by atoms with van der Waals surface area (Å²) >= 11 is 0. The van der Waals surface area contributed by atoms with Crippen LogP contribution in [0.3, 0.4) is 0 Å². The molecule has 2 fully saturated rings. The Labute approximate surface area is 97.6 Å². The van der Waals surface area contributed by atoms with E-state index in [1.165, 1.54) is 0 Å². The van der Waals surface area contributed by atoms with Crippen LogP contribution in [0.1, 0.15) is 39.5 Å². The highest BCUT2D eigenvalue weighted by atomic mass is 32.2. The SMILES string of the molecule is CC1CCC(NS(=O)(=O)NC2CC2)C(C)N1. The zero-order chi connectivity index (χ0) is 11.8. The summed E-state index contributed by atoms with van der Waals surface area (Å²) in [5, 5.41) is 3.37. The van der Waals surface area contributed by atoms with E-state index in [0.29, 0.717) is 6.04 Å². The first-order valence-electron chi connectivity index (χ1n) is 6.02. The van der Waals surface area contributed by atoms with Crippen molar-refractivity contribution < 1.29 is 8.42 Å². The molecule has 0 aromatic rings. The van der Waals surface area contributed by atoms with Gasteiger partial charge >= 0.3 is 0 Å². The number of piperidine rings is 1. The Morgan fingerprint density at radius 2 is 1.75 bits per heavy atom. The van der Waals surface area contributed by atoms with E-state index >= 15 is 0 Å². The number of hydrogen-bond acceptors (Lipinski definition) is 3. The van der Waals surface area contributed by atoms with E-state index in [2.05, 4.69) is 21.7 Å². The first kappa shape index (κ1) is 12.3. The highest BCUT2D eigenvalue weighted by Gasteiger charge is 2.31. The maximum absolute atomic E-state index is 11.7. The zero-order valence-corrected chi connectivity index (χ0v) is 10.7. The maximum atomic E-state index is 11.7. The smallest absolute Gasteiger partial charge is 0.277 e. The zero-order valence-electron chi connectivity index (χ0n) is 9.86. The van der Waals surface area contributed by atoms with Crippen molar-refractivity contribution in [3.63, 3.8) is 0 Å². The predicted octanol–water partition coefficient (Wildman–Crippen LogP) is 0.102. The Bertz CT molecular complexity index is 340. The highest BCUT2D eigenvalue weighted by Crippen LogP contribution is 2.20. The predicted molar refractivity (Wildman–Crippen MR) is 63.3 cm³/mol. The third kappa shape index (κ3) is 3.41. The van der Waals surface area contributed by atoms with Crippen molar-refractivity contribution in [2.75, 3.05) is 0 Å². The lowest BCUT2D eigenvalue weighted by molar-refractivity contribution is 0.296. The monoisotopic (exact) mass is 247 g/mol. The fourth-order valence-corrected chi connectivity index (χ4v) is 3.61. The molecule has 16 heavy (non-hydrogen) atoms. The number of nitrogens with one attached hydrogen (secondary N) is 3. The number of hydrogen-bond donors (Lipinski definition) is 3. The van der Waals surface area contributed by atoms with Gasteiger partial charge in [-0.05, 0) is 39.5 Å². The summed E-state index contributed by atoms with van der Waals surface area (Å²) in [5.74, 6) is 0. The van der Waals surface area contributed by atoms with Crippen LogP contribution in [0.15, 0.2) is 0 Å². The fraction of sp³-hybridized carbons (Fsp3) is 1.00. The van der Waals surface area contributed by atoms with Crippen molar-refractivity contribution >= 4 is 10.2 Å². The lowest BCUT2D eigenvalue weighted by Crippen LogP contribution is -2.56. The van der Waals surface area contributed by atoms with Crippen LogP contribution in [0.4, 0.5) is 0 Å². The van der Waals surface area contributed by atoms with Crippen LogP contribution in [-0.2, 0) is 10.2 Å². The van der Waals surface area contributed by atoms with Gasteiger partial charge in [0.05, 0.1) is 0 Å². The Balaban J connectivity index is 1.87. The van der Waals surface area contributed by atoms with Crippen molar-refractivity contribution in [3.05, 3.63) is 0 Å². The van der Waals surface area contributed by atoms with Crippen LogP contribution in [0, 0.1) is 0 Å². The van der Waals surface area contributed by atoms with E-state index in [1.54, 1.807) is 0 Å². The lowest BCUT2D eigenvalue weighted by Gasteiger charge is -2.34. The Kier molecular flexibility index (Phi) is 3.53. The van der Waals surface area contributed by atoms with Crippen LogP contribution < -0.4 is 14.8 Å². The molecule has 1 saturated carbocycles. The van der Waals surface area contributed by atoms with Gasteiger partial charge in [0, 0.05) is 24.2 Å². The molecule has 0 aromatic heterocycles. The Morgan fingerprint density at radius 3 is 2.31 bits per heavy atom. The standard InChI is InChI=1S/C10H21N3O2S/c1-7-3-6-10(8(2)11-7)13-16(14,15)12-9-4-5-9/h7-13H,3-6H2,1-2H3. The second-order valence-corrected chi connectivity index (χ2v) is 6.53. The van der Waals surface area contributed by atoms with Crippen molar-refractivity contribution in [3.8, 4) is 0 Å². The van der Waals surface area contributed by atoms with Gasteiger partial charge in [-0.2, -0.15) is 17.9 Å². The molecule has 0 spiro atoms. The molecular formula is C10H21N3O2S. The molecule has 3 N–H and O–H groups in total. The Morgan fingerprint density at radius 1 is 1.06 bits per heavy atom. The summed E-state index contributed by atoms with van der Waals surface area (Å²) in [6.07, 6.45) is 3.86. The van der Waals surface area contributed by atoms with Gasteiger partial charge in [0.25, 0.3) is 10.2 Å². The summed E-state index contributed by atoms with van der Waals surface area (Å²) in [6.45, 7) is 4.16. The average molecular weight is 247 g/mol. The third-order valence-corrected chi connectivity index (χ3v) is 4.52. The molecule has 5 nitrogen and oxygen atoms in total. The molecular weight excluding hydrogens is 226 g/mol. The number of rotatable bonds is 4. The average Bonchev–Trinajstić information content (AvgIpc) is 2.93. The van der Waals surface area contributed by atoms with Crippen LogP contribution in [0.2, 0.25) is 0 Å². The van der Waals surface area contributed by atoms with Crippen LogP contribution in [0.5, 0.6) is 0 Å². The Hall–Kier alpha value is -0.170. The van der Waals surface area contributed by atoms with Crippen molar-refractivity contribution in [2.45, 2.75) is 63.7 Å². The summed E-state index contributed by atoms with van der Waals surface area (Å²) in [4.78, 5) is 0. The normalized spacial score (nSPS) is 36.2. The topological polar surface area (TPSA) is 70.2 Å². The quantitative estimate of drug-likeness (QED) is 0.660. The molecule has 2 aliphatic rings. The van der Waals surface area contributed by atoms with Gasteiger partial charge in [-0.3, -0.25) is 0 Å². The molecule has 0 radical (unpaired) electrons. The minimum absolute atomic E-state index is 0.00690. The molecule has 0 amide bonds. The van der Waals surface area contributed by atoms with Crippen molar-refractivity contribution in [1.82, 2.24) is 14.8 Å². The molecule has 1 saturated heterocycles. The van der Waals surface area contributed by atoms with Crippen LogP contribution in [-0.4, -0.2) is 32.6 Å². The third-order valence-electron chi connectivity index (χ3n) is 3.27. The second kappa shape index (κ2) is 4.60. The van der Waals surface area contributed by atoms with Gasteiger partial charge in [0.2, 0.25) is 0 Å².